The van der Waals surface area contributed by atoms with E-state index in [1.54, 1.807) is 23.6 Å². The highest BCUT2D eigenvalue weighted by Gasteiger charge is 2.18. The number of carbonyl (C=O) groups excluding carboxylic acids is 1. The molecular formula is C29H36N8O2. The molecule has 10 nitrogen and oxygen atoms in total. The van der Waals surface area contributed by atoms with Crippen LogP contribution in [-0.2, 0) is 6.54 Å². The number of amides is 1. The highest BCUT2D eigenvalue weighted by molar-refractivity contribution is 5.97. The van der Waals surface area contributed by atoms with E-state index in [1.807, 2.05) is 48.7 Å². The van der Waals surface area contributed by atoms with Crippen LogP contribution in [0, 0.1) is 0 Å². The SMILES string of the molecule is CN(C)C(=O)c1cc(-c2cc3cn(-c4ccc(CNCCCN)cc4)c(=O)nc3[nH]2)cc(N2CCNCC2)c1. The van der Waals surface area contributed by atoms with Gasteiger partial charge < -0.3 is 31.2 Å². The van der Waals surface area contributed by atoms with Gasteiger partial charge >= 0.3 is 5.69 Å². The van der Waals surface area contributed by atoms with Crippen molar-refractivity contribution in [3.63, 3.8) is 0 Å². The summed E-state index contributed by atoms with van der Waals surface area (Å²) in [5, 5.41) is 7.55. The van der Waals surface area contributed by atoms with Gasteiger partial charge in [0.25, 0.3) is 5.91 Å². The van der Waals surface area contributed by atoms with E-state index in [1.165, 1.54) is 0 Å². The molecule has 3 heterocycles. The van der Waals surface area contributed by atoms with Crippen molar-refractivity contribution in [2.45, 2.75) is 13.0 Å². The molecule has 5 N–H and O–H groups in total. The van der Waals surface area contributed by atoms with Gasteiger partial charge in [-0.3, -0.25) is 9.36 Å². The third-order valence-corrected chi connectivity index (χ3v) is 6.97. The zero-order valence-electron chi connectivity index (χ0n) is 22.5. The third-order valence-electron chi connectivity index (χ3n) is 6.97. The fourth-order valence-corrected chi connectivity index (χ4v) is 4.82. The average Bonchev–Trinajstić information content (AvgIpc) is 3.38. The Morgan fingerprint density at radius 1 is 1.08 bits per heavy atom. The fraction of sp³-hybridized carbons (Fsp3) is 0.345. The molecule has 1 saturated heterocycles. The number of benzene rings is 2. The second-order valence-electron chi connectivity index (χ2n) is 10.1. The van der Waals surface area contributed by atoms with Crippen molar-refractivity contribution in [1.82, 2.24) is 30.1 Å². The highest BCUT2D eigenvalue weighted by atomic mass is 16.2. The maximum atomic E-state index is 12.9. The molecule has 1 aliphatic rings. The molecule has 0 unspecified atom stereocenters. The lowest BCUT2D eigenvalue weighted by Gasteiger charge is -2.30. The van der Waals surface area contributed by atoms with Crippen molar-refractivity contribution in [3.8, 4) is 16.9 Å². The number of carbonyl (C=O) groups is 1. The van der Waals surface area contributed by atoms with Crippen molar-refractivity contribution < 1.29 is 4.79 Å². The number of nitrogens with two attached hydrogens (primary N) is 1. The summed E-state index contributed by atoms with van der Waals surface area (Å²) in [5.74, 6) is -0.0554. The molecule has 0 aliphatic carbocycles. The van der Waals surface area contributed by atoms with E-state index in [4.69, 9.17) is 5.73 Å². The van der Waals surface area contributed by atoms with Gasteiger partial charge in [-0.1, -0.05) is 12.1 Å². The number of rotatable bonds is 9. The molecule has 1 fully saturated rings. The van der Waals surface area contributed by atoms with Gasteiger partial charge in [-0.05, 0) is 61.5 Å². The molecule has 0 radical (unpaired) electrons. The summed E-state index contributed by atoms with van der Waals surface area (Å²) in [5.41, 5.74) is 10.9. The van der Waals surface area contributed by atoms with E-state index < -0.39 is 0 Å². The molecule has 204 valence electrons. The minimum Gasteiger partial charge on any atom is -0.369 e. The number of hydrogen-bond donors (Lipinski definition) is 4. The van der Waals surface area contributed by atoms with Crippen LogP contribution in [0.2, 0.25) is 0 Å². The van der Waals surface area contributed by atoms with Crippen LogP contribution in [0.15, 0.2) is 59.5 Å². The van der Waals surface area contributed by atoms with Crippen molar-refractivity contribution >= 4 is 22.6 Å². The minimum absolute atomic E-state index is 0.0554. The van der Waals surface area contributed by atoms with E-state index in [0.29, 0.717) is 17.8 Å². The van der Waals surface area contributed by atoms with Gasteiger partial charge in [0.2, 0.25) is 0 Å². The van der Waals surface area contributed by atoms with Gasteiger partial charge in [0.15, 0.2) is 0 Å². The Hall–Kier alpha value is -3.99. The first kappa shape index (κ1) is 26.6. The summed E-state index contributed by atoms with van der Waals surface area (Å²) in [4.78, 5) is 37.3. The minimum atomic E-state index is -0.359. The summed E-state index contributed by atoms with van der Waals surface area (Å²) < 4.78 is 1.56. The number of aromatic amines is 1. The highest BCUT2D eigenvalue weighted by Crippen LogP contribution is 2.29. The molecule has 1 aliphatic heterocycles. The number of anilines is 1. The molecule has 0 saturated carbocycles. The Balaban J connectivity index is 1.47. The summed E-state index contributed by atoms with van der Waals surface area (Å²) in [6, 6.07) is 15.8. The van der Waals surface area contributed by atoms with E-state index in [9.17, 15) is 9.59 Å². The van der Waals surface area contributed by atoms with Crippen LogP contribution < -0.4 is 27.0 Å². The van der Waals surface area contributed by atoms with Crippen LogP contribution in [0.3, 0.4) is 0 Å². The van der Waals surface area contributed by atoms with Crippen molar-refractivity contribution in [1.29, 1.82) is 0 Å². The first-order chi connectivity index (χ1) is 18.9. The Bertz CT molecular complexity index is 1500. The van der Waals surface area contributed by atoms with Crippen LogP contribution in [0.5, 0.6) is 0 Å². The number of nitrogens with zero attached hydrogens (tertiary/aromatic N) is 4. The summed E-state index contributed by atoms with van der Waals surface area (Å²) >= 11 is 0. The number of fused-ring (bicyclic) bond motifs is 1. The molecular weight excluding hydrogens is 492 g/mol. The maximum Gasteiger partial charge on any atom is 0.354 e. The Morgan fingerprint density at radius 3 is 2.56 bits per heavy atom. The summed E-state index contributed by atoms with van der Waals surface area (Å²) in [6.45, 7) is 5.83. The second kappa shape index (κ2) is 11.8. The molecule has 0 atom stereocenters. The number of nitrogens with one attached hydrogen (secondary N) is 3. The first-order valence-corrected chi connectivity index (χ1v) is 13.4. The van der Waals surface area contributed by atoms with Crippen molar-refractivity contribution in [2.75, 3.05) is 58.3 Å². The molecule has 1 amide bonds. The quantitative estimate of drug-likeness (QED) is 0.245. The van der Waals surface area contributed by atoms with Crippen molar-refractivity contribution in [3.05, 3.63) is 76.3 Å². The average molecular weight is 529 g/mol. The normalized spacial score (nSPS) is 13.7. The second-order valence-corrected chi connectivity index (χ2v) is 10.1. The molecule has 0 bridgehead atoms. The molecule has 4 aromatic rings. The van der Waals surface area contributed by atoms with Gasteiger partial charge in [-0.25, -0.2) is 4.79 Å². The lowest BCUT2D eigenvalue weighted by molar-refractivity contribution is 0.0827. The van der Waals surface area contributed by atoms with Gasteiger partial charge in [0.1, 0.15) is 5.65 Å². The van der Waals surface area contributed by atoms with Crippen LogP contribution >= 0.6 is 0 Å². The largest absolute Gasteiger partial charge is 0.369 e. The number of piperazine rings is 1. The van der Waals surface area contributed by atoms with Crippen LogP contribution in [0.4, 0.5) is 5.69 Å². The van der Waals surface area contributed by atoms with Crippen LogP contribution in [-0.4, -0.2) is 78.7 Å². The fourth-order valence-electron chi connectivity index (χ4n) is 4.82. The monoisotopic (exact) mass is 528 g/mol. The molecule has 5 rings (SSSR count). The first-order valence-electron chi connectivity index (χ1n) is 13.4. The molecule has 2 aromatic heterocycles. The van der Waals surface area contributed by atoms with E-state index >= 15 is 0 Å². The summed E-state index contributed by atoms with van der Waals surface area (Å²) in [6.07, 6.45) is 2.75. The van der Waals surface area contributed by atoms with Crippen molar-refractivity contribution in [2.24, 2.45) is 5.73 Å². The van der Waals surface area contributed by atoms with Gasteiger partial charge in [-0.2, -0.15) is 4.98 Å². The smallest absolute Gasteiger partial charge is 0.354 e. The molecule has 39 heavy (non-hydrogen) atoms. The van der Waals surface area contributed by atoms with E-state index in [2.05, 4.69) is 31.6 Å². The lowest BCUT2D eigenvalue weighted by atomic mass is 10.0. The Labute approximate surface area is 227 Å². The Morgan fingerprint density at radius 2 is 1.85 bits per heavy atom. The van der Waals surface area contributed by atoms with Crippen LogP contribution in [0.25, 0.3) is 28.0 Å². The Kier molecular flexibility index (Phi) is 8.06. The van der Waals surface area contributed by atoms with Gasteiger partial charge in [-0.15, -0.1) is 0 Å². The molecule has 2 aromatic carbocycles. The maximum absolute atomic E-state index is 12.9. The standard InChI is InChI=1S/C29H36N8O2/c1-35(2)28(38)22-14-21(15-25(16-22)36-12-10-31-11-13-36)26-17-23-19-37(29(39)34-27(23)33-26)24-6-4-20(5-7-24)18-32-9-3-8-30/h4-7,14-17,19,31-32H,3,8-13,18,30H2,1-2H3,(H,33,34,39). The molecule has 0 spiro atoms. The number of aromatic nitrogens is 3. The van der Waals surface area contributed by atoms with E-state index in [0.717, 1.165) is 79.3 Å². The zero-order valence-corrected chi connectivity index (χ0v) is 22.5. The predicted molar refractivity (Wildman–Crippen MR) is 156 cm³/mol. The molecule has 10 heteroatoms. The topological polar surface area (TPSA) is 124 Å². The van der Waals surface area contributed by atoms with Gasteiger partial charge in [0.05, 0.1) is 5.69 Å². The van der Waals surface area contributed by atoms with Crippen LogP contribution in [0.1, 0.15) is 22.3 Å². The predicted octanol–water partition coefficient (Wildman–Crippen LogP) is 1.93. The van der Waals surface area contributed by atoms with Gasteiger partial charge in [0, 0.05) is 80.9 Å². The number of hydrogen-bond acceptors (Lipinski definition) is 7. The van der Waals surface area contributed by atoms with E-state index in [-0.39, 0.29) is 11.6 Å². The lowest BCUT2D eigenvalue weighted by Crippen LogP contribution is -2.43. The zero-order chi connectivity index (χ0) is 27.4. The summed E-state index contributed by atoms with van der Waals surface area (Å²) in [7, 11) is 3.51. The third kappa shape index (κ3) is 6.03. The number of H-pyrrole nitrogens is 1.